The van der Waals surface area contributed by atoms with Crippen molar-refractivity contribution >= 4 is 0 Å². The van der Waals surface area contributed by atoms with Gasteiger partial charge in [0.25, 0.3) is 0 Å². The zero-order chi connectivity index (χ0) is 42.4. The van der Waals surface area contributed by atoms with E-state index in [2.05, 4.69) is 42.0 Å². The van der Waals surface area contributed by atoms with Crippen LogP contribution in [0.25, 0.3) is 22.5 Å². The number of ether oxygens (including phenoxy) is 5. The highest BCUT2D eigenvalue weighted by Crippen LogP contribution is 2.29. The number of methoxy groups -OCH3 is 1. The predicted octanol–water partition coefficient (Wildman–Crippen LogP) is 7.18. The predicted molar refractivity (Wildman–Crippen MR) is 225 cm³/mol. The Morgan fingerprint density at radius 3 is 1.56 bits per heavy atom. The van der Waals surface area contributed by atoms with Gasteiger partial charge >= 0.3 is 0 Å². The van der Waals surface area contributed by atoms with E-state index < -0.39 is 6.10 Å². The fourth-order valence-corrected chi connectivity index (χ4v) is 6.78. The minimum absolute atomic E-state index is 0.0752. The molecule has 1 N–H and O–H groups in total. The van der Waals surface area contributed by atoms with Crippen molar-refractivity contribution in [2.24, 2.45) is 0 Å². The lowest BCUT2D eigenvalue weighted by Crippen LogP contribution is -2.26. The molecule has 2 saturated heterocycles. The second-order valence-electron chi connectivity index (χ2n) is 14.6. The molecule has 0 spiro atoms. The average Bonchev–Trinajstić information content (AvgIpc) is 3.31. The zero-order valence-corrected chi connectivity index (χ0v) is 34.1. The lowest BCUT2D eigenvalue weighted by molar-refractivity contribution is 0.0252. The first-order chi connectivity index (χ1) is 29.9. The van der Waals surface area contributed by atoms with E-state index in [4.69, 9.17) is 23.7 Å². The van der Waals surface area contributed by atoms with Crippen LogP contribution in [0.2, 0.25) is 0 Å². The monoisotopic (exact) mass is 818 g/mol. The molecule has 0 radical (unpaired) electrons. The summed E-state index contributed by atoms with van der Waals surface area (Å²) in [5.41, 5.74) is 6.75. The number of benzene rings is 2. The molecule has 2 aliphatic heterocycles. The van der Waals surface area contributed by atoms with Gasteiger partial charge in [-0.05, 0) is 72.6 Å². The number of nitriles is 2. The first kappa shape index (κ1) is 42.3. The fraction of sp³-hybridized carbons (Fsp3) is 0.319. The van der Waals surface area contributed by atoms with Crippen LogP contribution < -0.4 is 14.2 Å². The SMILES string of the molecule is CC(O)c1ccc(Cc2nccc(-c3ccc(OC4CCOCC4)c(C#N)c3)n2)cn1.COc1ccc(Cc2nccc(-c3ccc(OC4CCOCC4)c(C#N)c3)n2)cn1. The first-order valence-electron chi connectivity index (χ1n) is 20.2. The van der Waals surface area contributed by atoms with Crippen LogP contribution in [-0.4, -0.2) is 80.8 Å². The van der Waals surface area contributed by atoms with Crippen molar-refractivity contribution in [3.05, 3.63) is 137 Å². The van der Waals surface area contributed by atoms with Gasteiger partial charge in [0.05, 0.1) is 67.8 Å². The van der Waals surface area contributed by atoms with Crippen molar-refractivity contribution in [1.29, 1.82) is 10.5 Å². The van der Waals surface area contributed by atoms with Crippen molar-refractivity contribution in [3.63, 3.8) is 0 Å². The highest BCUT2D eigenvalue weighted by molar-refractivity contribution is 5.65. The van der Waals surface area contributed by atoms with Crippen LogP contribution in [0.4, 0.5) is 0 Å². The summed E-state index contributed by atoms with van der Waals surface area (Å²) in [7, 11) is 1.59. The molecular weight excluding hydrogens is 773 g/mol. The third kappa shape index (κ3) is 11.7. The van der Waals surface area contributed by atoms with Crippen molar-refractivity contribution in [1.82, 2.24) is 29.9 Å². The smallest absolute Gasteiger partial charge is 0.212 e. The molecule has 14 nitrogen and oxygen atoms in total. The van der Waals surface area contributed by atoms with Gasteiger partial charge in [-0.15, -0.1) is 0 Å². The highest BCUT2D eigenvalue weighted by atomic mass is 16.5. The Kier molecular flexibility index (Phi) is 14.5. The maximum absolute atomic E-state index is 9.62. The standard InChI is InChI=1S/C24H24N4O3.C23H22N4O3/c1-16(29)21-4-2-17(15-27-21)12-24-26-9-6-22(28-24)18-3-5-23(19(13-18)14-25)31-20-7-10-30-11-8-20;1-28-23-5-2-16(15-26-23)12-22-25-9-6-20(27-22)17-3-4-21(18(13-17)14-24)30-19-7-10-29-11-8-19/h2-6,9,13,15-16,20,29H,7-8,10-12H2,1H3;2-6,9,13,15,19H,7-8,10-12H2,1H3. The summed E-state index contributed by atoms with van der Waals surface area (Å²) in [6.45, 7) is 4.44. The number of hydrogen-bond donors (Lipinski definition) is 1. The van der Waals surface area contributed by atoms with E-state index in [9.17, 15) is 15.6 Å². The second-order valence-corrected chi connectivity index (χ2v) is 14.6. The van der Waals surface area contributed by atoms with Gasteiger partial charge in [-0.2, -0.15) is 10.5 Å². The molecule has 2 aliphatic rings. The Morgan fingerprint density at radius 2 is 1.15 bits per heavy atom. The number of aromatic nitrogens is 6. The van der Waals surface area contributed by atoms with E-state index in [0.29, 0.717) is 85.1 Å². The molecule has 0 aliphatic carbocycles. The molecule has 14 heteroatoms. The van der Waals surface area contributed by atoms with E-state index in [1.165, 1.54) is 0 Å². The molecule has 4 aromatic heterocycles. The number of pyridine rings is 2. The normalized spacial score (nSPS) is 14.7. The van der Waals surface area contributed by atoms with Crippen LogP contribution in [0.3, 0.4) is 0 Å². The molecule has 2 aromatic carbocycles. The van der Waals surface area contributed by atoms with Crippen LogP contribution in [0.1, 0.15) is 78.3 Å². The quantitative estimate of drug-likeness (QED) is 0.131. The van der Waals surface area contributed by atoms with Gasteiger partial charge in [-0.3, -0.25) is 4.98 Å². The fourth-order valence-electron chi connectivity index (χ4n) is 6.78. The molecule has 0 bridgehead atoms. The van der Waals surface area contributed by atoms with Crippen LogP contribution in [0.15, 0.2) is 97.6 Å². The molecular formula is C47H46N8O6. The van der Waals surface area contributed by atoms with E-state index in [1.54, 1.807) is 51.0 Å². The van der Waals surface area contributed by atoms with Crippen LogP contribution >= 0.6 is 0 Å². The Bertz CT molecular complexity index is 2460. The largest absolute Gasteiger partial charge is 0.489 e. The number of rotatable bonds is 12. The van der Waals surface area contributed by atoms with E-state index >= 15 is 0 Å². The molecule has 0 amide bonds. The molecule has 8 rings (SSSR count). The third-order valence-electron chi connectivity index (χ3n) is 10.1. The molecule has 61 heavy (non-hydrogen) atoms. The summed E-state index contributed by atoms with van der Waals surface area (Å²) in [6, 6.07) is 26.8. The first-order valence-corrected chi connectivity index (χ1v) is 20.2. The van der Waals surface area contributed by atoms with Gasteiger partial charge in [0.1, 0.15) is 47.5 Å². The van der Waals surface area contributed by atoms with E-state index in [1.807, 2.05) is 60.7 Å². The number of hydrogen-bond acceptors (Lipinski definition) is 14. The summed E-state index contributed by atoms with van der Waals surface area (Å²) in [6.07, 6.45) is 10.9. The minimum atomic E-state index is -0.596. The number of nitrogens with zero attached hydrogens (tertiary/aromatic N) is 8. The Labute approximate surface area is 354 Å². The van der Waals surface area contributed by atoms with Gasteiger partial charge < -0.3 is 28.8 Å². The maximum Gasteiger partial charge on any atom is 0.212 e. The van der Waals surface area contributed by atoms with Gasteiger partial charge in [0, 0.05) is 80.5 Å². The molecule has 1 unspecified atom stereocenters. The van der Waals surface area contributed by atoms with Crippen molar-refractivity contribution in [2.45, 2.75) is 63.8 Å². The molecule has 2 fully saturated rings. The lowest BCUT2D eigenvalue weighted by atomic mass is 10.1. The molecule has 1 atom stereocenters. The van der Waals surface area contributed by atoms with Crippen LogP contribution in [-0.2, 0) is 22.3 Å². The Morgan fingerprint density at radius 1 is 0.656 bits per heavy atom. The third-order valence-corrected chi connectivity index (χ3v) is 10.1. The maximum atomic E-state index is 9.62. The van der Waals surface area contributed by atoms with Gasteiger partial charge in [0.15, 0.2) is 0 Å². The topological polar surface area (TPSA) is 191 Å². The Hall–Kier alpha value is -6.84. The highest BCUT2D eigenvalue weighted by Gasteiger charge is 2.19. The van der Waals surface area contributed by atoms with Crippen molar-refractivity contribution in [2.75, 3.05) is 33.5 Å². The molecule has 0 saturated carbocycles. The summed E-state index contributed by atoms with van der Waals surface area (Å²) in [4.78, 5) is 26.6. The lowest BCUT2D eigenvalue weighted by Gasteiger charge is -2.23. The average molecular weight is 819 g/mol. The van der Waals surface area contributed by atoms with E-state index in [0.717, 1.165) is 59.3 Å². The number of aliphatic hydroxyl groups excluding tert-OH is 1. The number of aliphatic hydroxyl groups is 1. The minimum Gasteiger partial charge on any atom is -0.489 e. The van der Waals surface area contributed by atoms with Gasteiger partial charge in [-0.1, -0.05) is 12.1 Å². The van der Waals surface area contributed by atoms with Gasteiger partial charge in [-0.25, -0.2) is 24.9 Å². The van der Waals surface area contributed by atoms with Gasteiger partial charge in [0.2, 0.25) is 5.88 Å². The Balaban J connectivity index is 0.000000184. The van der Waals surface area contributed by atoms with E-state index in [-0.39, 0.29) is 12.2 Å². The second kappa shape index (κ2) is 20.9. The van der Waals surface area contributed by atoms with Crippen LogP contribution in [0, 0.1) is 22.7 Å². The zero-order valence-electron chi connectivity index (χ0n) is 34.1. The van der Waals surface area contributed by atoms with Crippen LogP contribution in [0.5, 0.6) is 17.4 Å². The summed E-state index contributed by atoms with van der Waals surface area (Å²) >= 11 is 0. The molecule has 6 heterocycles. The van der Waals surface area contributed by atoms with Crippen molar-refractivity contribution in [3.8, 4) is 52.0 Å². The molecule has 310 valence electrons. The van der Waals surface area contributed by atoms with Crippen molar-refractivity contribution < 1.29 is 28.8 Å². The molecule has 6 aromatic rings. The summed E-state index contributed by atoms with van der Waals surface area (Å²) in [5.74, 6) is 3.11. The summed E-state index contributed by atoms with van der Waals surface area (Å²) < 4.78 is 27.9. The summed E-state index contributed by atoms with van der Waals surface area (Å²) in [5, 5.41) is 28.8.